The Bertz CT molecular complexity index is 790. The van der Waals surface area contributed by atoms with Gasteiger partial charge in [-0.05, 0) is 28.9 Å². The summed E-state index contributed by atoms with van der Waals surface area (Å²) in [5.41, 5.74) is 0.582. The second-order valence-electron chi connectivity index (χ2n) is 3.91. The Morgan fingerprint density at radius 1 is 1.37 bits per heavy atom. The van der Waals surface area contributed by atoms with Crippen molar-refractivity contribution in [2.75, 3.05) is 5.32 Å². The first-order valence-corrected chi connectivity index (χ1v) is 5.40. The van der Waals surface area contributed by atoms with Gasteiger partial charge in [-0.3, -0.25) is 9.78 Å². The van der Waals surface area contributed by atoms with Crippen molar-refractivity contribution in [2.24, 2.45) is 0 Å². The van der Waals surface area contributed by atoms with Gasteiger partial charge in [0.15, 0.2) is 5.82 Å². The van der Waals surface area contributed by atoms with E-state index in [9.17, 15) is 9.18 Å². The van der Waals surface area contributed by atoms with Gasteiger partial charge in [-0.1, -0.05) is 12.1 Å². The number of H-pyrrole nitrogens is 1. The smallest absolute Gasteiger partial charge is 0.292 e. The molecule has 0 amide bonds. The van der Waals surface area contributed by atoms with Crippen molar-refractivity contribution in [3.05, 3.63) is 39.9 Å². The number of rotatable bonds is 2. The van der Waals surface area contributed by atoms with Gasteiger partial charge in [0.25, 0.3) is 5.56 Å². The second-order valence-corrected chi connectivity index (χ2v) is 3.91. The number of aryl methyl sites for hydroxylation is 1. The minimum atomic E-state index is -0.536. The van der Waals surface area contributed by atoms with E-state index in [-0.39, 0.29) is 22.8 Å². The number of para-hydroxylation sites is 1. The van der Waals surface area contributed by atoms with Gasteiger partial charge in [0.1, 0.15) is 5.82 Å². The van der Waals surface area contributed by atoms with Crippen LogP contribution in [0.5, 0.6) is 0 Å². The number of aromatic amines is 1. The molecule has 0 atom stereocenters. The predicted molar refractivity (Wildman–Crippen MR) is 64.6 cm³/mol. The van der Waals surface area contributed by atoms with Crippen LogP contribution in [0.4, 0.5) is 15.9 Å². The third-order valence-corrected chi connectivity index (χ3v) is 2.60. The van der Waals surface area contributed by atoms with Crippen LogP contribution in [0.25, 0.3) is 11.3 Å². The average molecular weight is 261 g/mol. The van der Waals surface area contributed by atoms with E-state index in [2.05, 4.69) is 30.2 Å². The van der Waals surface area contributed by atoms with Crippen LogP contribution in [-0.2, 0) is 0 Å². The van der Waals surface area contributed by atoms with Crippen LogP contribution < -0.4 is 10.9 Å². The highest BCUT2D eigenvalue weighted by molar-refractivity contribution is 5.68. The zero-order valence-electron chi connectivity index (χ0n) is 9.77. The fraction of sp³-hybridized carbons (Fsp3) is 0.0909. The van der Waals surface area contributed by atoms with Crippen molar-refractivity contribution in [2.45, 2.75) is 6.92 Å². The minimum absolute atomic E-state index is 0.0728. The lowest BCUT2D eigenvalue weighted by Gasteiger charge is -2.08. The molecule has 0 aliphatic carbocycles. The molecule has 3 aromatic rings. The van der Waals surface area contributed by atoms with E-state index in [1.54, 1.807) is 19.1 Å². The topological polar surface area (TPSA) is 96.7 Å². The van der Waals surface area contributed by atoms with Crippen molar-refractivity contribution >= 4 is 22.8 Å². The predicted octanol–water partition coefficient (Wildman–Crippen LogP) is 1.50. The van der Waals surface area contributed by atoms with Crippen LogP contribution >= 0.6 is 0 Å². The SMILES string of the molecule is Cc1cccc(F)c1Nc1nc2nonc2[nH]c1=O. The average Bonchev–Trinajstić information content (AvgIpc) is 2.81. The molecule has 2 heterocycles. The quantitative estimate of drug-likeness (QED) is 0.725. The molecule has 0 saturated heterocycles. The van der Waals surface area contributed by atoms with Gasteiger partial charge in [0, 0.05) is 0 Å². The number of hydrogen-bond donors (Lipinski definition) is 2. The molecule has 7 nitrogen and oxygen atoms in total. The molecule has 0 aliphatic heterocycles. The summed E-state index contributed by atoms with van der Waals surface area (Å²) in [5, 5.41) is 9.61. The van der Waals surface area contributed by atoms with Crippen LogP contribution in [0.1, 0.15) is 5.56 Å². The van der Waals surface area contributed by atoms with E-state index >= 15 is 0 Å². The van der Waals surface area contributed by atoms with Crippen LogP contribution in [0.3, 0.4) is 0 Å². The van der Waals surface area contributed by atoms with E-state index in [0.29, 0.717) is 5.56 Å². The third-order valence-electron chi connectivity index (χ3n) is 2.60. The monoisotopic (exact) mass is 261 g/mol. The first-order chi connectivity index (χ1) is 9.15. The molecule has 8 heteroatoms. The maximum Gasteiger partial charge on any atom is 0.292 e. The lowest BCUT2D eigenvalue weighted by molar-refractivity contribution is 0.314. The Morgan fingerprint density at radius 2 is 2.21 bits per heavy atom. The molecule has 0 aliphatic rings. The summed E-state index contributed by atoms with van der Waals surface area (Å²) >= 11 is 0. The molecular formula is C11H8FN5O2. The lowest BCUT2D eigenvalue weighted by Crippen LogP contribution is -2.14. The Labute approximate surface area is 105 Å². The third kappa shape index (κ3) is 1.92. The van der Waals surface area contributed by atoms with Crippen molar-refractivity contribution in [1.82, 2.24) is 20.3 Å². The molecule has 0 bridgehead atoms. The molecule has 0 unspecified atom stereocenters. The minimum Gasteiger partial charge on any atom is -0.333 e. The van der Waals surface area contributed by atoms with Crippen molar-refractivity contribution in [1.29, 1.82) is 0 Å². The van der Waals surface area contributed by atoms with Gasteiger partial charge < -0.3 is 5.32 Å². The van der Waals surface area contributed by atoms with Crippen LogP contribution in [-0.4, -0.2) is 20.3 Å². The fourth-order valence-electron chi connectivity index (χ4n) is 1.65. The van der Waals surface area contributed by atoms with Gasteiger partial charge in [-0.25, -0.2) is 9.02 Å². The van der Waals surface area contributed by atoms with Crippen LogP contribution in [0.15, 0.2) is 27.6 Å². The highest BCUT2D eigenvalue weighted by Crippen LogP contribution is 2.21. The number of benzene rings is 1. The van der Waals surface area contributed by atoms with Gasteiger partial charge in [0.05, 0.1) is 5.69 Å². The standard InChI is InChI=1S/C11H8FN5O2/c1-5-3-2-4-6(12)7(5)13-10-11(18)15-9-8(14-10)16-19-17-9/h2-4H,1H3,(H,13,14,16)(H,15,17,18). The Balaban J connectivity index is 2.10. The van der Waals surface area contributed by atoms with E-state index in [1.807, 2.05) is 0 Å². The number of aromatic nitrogens is 4. The number of hydrogen-bond acceptors (Lipinski definition) is 6. The molecule has 0 radical (unpaired) electrons. The summed E-state index contributed by atoms with van der Waals surface area (Å²) in [4.78, 5) is 18.1. The lowest BCUT2D eigenvalue weighted by atomic mass is 10.2. The summed E-state index contributed by atoms with van der Waals surface area (Å²) in [6, 6.07) is 4.59. The molecule has 2 N–H and O–H groups in total. The second kappa shape index (κ2) is 4.16. The largest absolute Gasteiger partial charge is 0.333 e. The zero-order chi connectivity index (χ0) is 13.4. The maximum atomic E-state index is 13.7. The number of halogens is 1. The molecule has 96 valence electrons. The summed E-state index contributed by atoms with van der Waals surface area (Å²) in [6.07, 6.45) is 0. The highest BCUT2D eigenvalue weighted by atomic mass is 19.1. The Kier molecular flexibility index (Phi) is 2.48. The molecular weight excluding hydrogens is 253 g/mol. The van der Waals surface area contributed by atoms with Crippen molar-refractivity contribution < 1.29 is 9.02 Å². The fourth-order valence-corrected chi connectivity index (χ4v) is 1.65. The molecule has 0 spiro atoms. The molecule has 0 fully saturated rings. The first-order valence-electron chi connectivity index (χ1n) is 5.40. The number of nitrogens with one attached hydrogen (secondary N) is 2. The number of nitrogens with zero attached hydrogens (tertiary/aromatic N) is 3. The van der Waals surface area contributed by atoms with Gasteiger partial charge >= 0.3 is 0 Å². The van der Waals surface area contributed by atoms with Gasteiger partial charge in [-0.2, -0.15) is 4.98 Å². The maximum absolute atomic E-state index is 13.7. The van der Waals surface area contributed by atoms with E-state index in [0.717, 1.165) is 0 Å². The Morgan fingerprint density at radius 3 is 3.00 bits per heavy atom. The van der Waals surface area contributed by atoms with E-state index in [1.165, 1.54) is 6.07 Å². The summed E-state index contributed by atoms with van der Waals surface area (Å²) in [5.74, 6) is -0.545. The van der Waals surface area contributed by atoms with E-state index in [4.69, 9.17) is 0 Å². The van der Waals surface area contributed by atoms with Crippen LogP contribution in [0, 0.1) is 12.7 Å². The molecule has 0 saturated carbocycles. The molecule has 2 aromatic heterocycles. The van der Waals surface area contributed by atoms with Crippen molar-refractivity contribution in [3.8, 4) is 0 Å². The molecule has 19 heavy (non-hydrogen) atoms. The van der Waals surface area contributed by atoms with E-state index < -0.39 is 11.4 Å². The van der Waals surface area contributed by atoms with Crippen LogP contribution in [0.2, 0.25) is 0 Å². The number of anilines is 2. The first kappa shape index (κ1) is 11.3. The summed E-state index contributed by atoms with van der Waals surface area (Å²) in [6.45, 7) is 1.72. The number of fused-ring (bicyclic) bond motifs is 1. The summed E-state index contributed by atoms with van der Waals surface area (Å²) in [7, 11) is 0. The van der Waals surface area contributed by atoms with Gasteiger partial charge in [0.2, 0.25) is 11.3 Å². The molecule has 3 rings (SSSR count). The normalized spacial score (nSPS) is 10.8. The Hall–Kier alpha value is -2.77. The van der Waals surface area contributed by atoms with Gasteiger partial charge in [-0.15, -0.1) is 0 Å². The zero-order valence-corrected chi connectivity index (χ0v) is 9.77. The highest BCUT2D eigenvalue weighted by Gasteiger charge is 2.12. The van der Waals surface area contributed by atoms with Crippen molar-refractivity contribution in [3.63, 3.8) is 0 Å². The summed E-state index contributed by atoms with van der Waals surface area (Å²) < 4.78 is 18.1. The molecule has 1 aromatic carbocycles.